The van der Waals surface area contributed by atoms with Crippen molar-refractivity contribution in [2.45, 2.75) is 25.9 Å². The van der Waals surface area contributed by atoms with E-state index in [0.717, 1.165) is 29.8 Å². The molecule has 18 heavy (non-hydrogen) atoms. The highest BCUT2D eigenvalue weighted by Gasteiger charge is 2.23. The number of rotatable bonds is 4. The van der Waals surface area contributed by atoms with Crippen molar-refractivity contribution in [2.75, 3.05) is 12.4 Å². The van der Waals surface area contributed by atoms with Gasteiger partial charge in [-0.25, -0.2) is 0 Å². The number of benzene rings is 1. The largest absolute Gasteiger partial charge is 0.479 e. The minimum atomic E-state index is -0.433. The van der Waals surface area contributed by atoms with Crippen LogP contribution in [-0.2, 0) is 16.1 Å². The van der Waals surface area contributed by atoms with E-state index in [1.165, 1.54) is 7.11 Å². The highest BCUT2D eigenvalue weighted by Crippen LogP contribution is 2.30. The molecule has 0 aromatic heterocycles. The highest BCUT2D eigenvalue weighted by molar-refractivity contribution is 5.97. The van der Waals surface area contributed by atoms with Gasteiger partial charge in [-0.15, -0.1) is 0 Å². The first-order chi connectivity index (χ1) is 8.70. The van der Waals surface area contributed by atoms with Gasteiger partial charge in [0.25, 0.3) is 5.91 Å². The summed E-state index contributed by atoms with van der Waals surface area (Å²) in [4.78, 5) is 16.1. The molecule has 5 heteroatoms. The second kappa shape index (κ2) is 5.53. The van der Waals surface area contributed by atoms with Crippen molar-refractivity contribution >= 4 is 17.8 Å². The number of carbonyl (C=O) groups is 1. The van der Waals surface area contributed by atoms with Gasteiger partial charge >= 0.3 is 0 Å². The Hall–Kier alpha value is -2.04. The third kappa shape index (κ3) is 2.80. The molecule has 1 heterocycles. The molecular formula is C13H16N2O3. The Morgan fingerprint density at radius 1 is 1.56 bits per heavy atom. The molecule has 1 unspecified atom stereocenters. The predicted octanol–water partition coefficient (Wildman–Crippen LogP) is 1.97. The molecule has 1 aromatic rings. The Balaban J connectivity index is 2.05. The summed E-state index contributed by atoms with van der Waals surface area (Å²) in [5.41, 5.74) is 1.86. The molecule has 1 aliphatic heterocycles. The van der Waals surface area contributed by atoms with Crippen LogP contribution in [0.2, 0.25) is 0 Å². The molecule has 1 aromatic carbocycles. The molecule has 0 aliphatic carbocycles. The summed E-state index contributed by atoms with van der Waals surface area (Å²) in [5.74, 6) is 0.608. The molecule has 1 N–H and O–H groups in total. The lowest BCUT2D eigenvalue weighted by atomic mass is 10.1. The fourth-order valence-electron chi connectivity index (χ4n) is 1.77. The average molecular weight is 248 g/mol. The van der Waals surface area contributed by atoms with Crippen LogP contribution in [0.5, 0.6) is 5.75 Å². The number of hydrogen-bond acceptors (Lipinski definition) is 4. The van der Waals surface area contributed by atoms with E-state index < -0.39 is 6.10 Å². The van der Waals surface area contributed by atoms with Crippen LogP contribution in [0.25, 0.3) is 0 Å². The second-order valence-corrected chi connectivity index (χ2v) is 4.09. The van der Waals surface area contributed by atoms with Crippen LogP contribution in [0, 0.1) is 0 Å². The molecular weight excluding hydrogens is 232 g/mol. The second-order valence-electron chi connectivity index (χ2n) is 4.09. The topological polar surface area (TPSA) is 59.9 Å². The molecule has 0 spiro atoms. The summed E-state index contributed by atoms with van der Waals surface area (Å²) in [7, 11) is 1.52. The lowest BCUT2D eigenvalue weighted by Crippen LogP contribution is -2.34. The van der Waals surface area contributed by atoms with Crippen LogP contribution in [0.1, 0.15) is 18.9 Å². The molecule has 0 bridgehead atoms. The maximum absolute atomic E-state index is 11.5. The van der Waals surface area contributed by atoms with E-state index in [2.05, 4.69) is 15.3 Å². The molecule has 0 saturated heterocycles. The molecule has 0 fully saturated rings. The first-order valence-electron chi connectivity index (χ1n) is 5.86. The van der Waals surface area contributed by atoms with Gasteiger partial charge < -0.3 is 14.9 Å². The maximum atomic E-state index is 11.5. The van der Waals surface area contributed by atoms with E-state index >= 15 is 0 Å². The lowest BCUT2D eigenvalue weighted by Gasteiger charge is -2.23. The zero-order valence-corrected chi connectivity index (χ0v) is 10.5. The number of amides is 1. The SMILES string of the molecule is CON=CCCc1ccc2c(c1)NC(=O)C(C)O2. The van der Waals surface area contributed by atoms with Gasteiger partial charge in [-0.1, -0.05) is 11.2 Å². The monoisotopic (exact) mass is 248 g/mol. The van der Waals surface area contributed by atoms with Gasteiger partial charge in [-0.05, 0) is 37.5 Å². The Morgan fingerprint density at radius 3 is 3.17 bits per heavy atom. The minimum Gasteiger partial charge on any atom is -0.479 e. The van der Waals surface area contributed by atoms with Gasteiger partial charge in [0.05, 0.1) is 5.69 Å². The number of carbonyl (C=O) groups excluding carboxylic acids is 1. The maximum Gasteiger partial charge on any atom is 0.265 e. The fraction of sp³-hybridized carbons (Fsp3) is 0.385. The van der Waals surface area contributed by atoms with Crippen molar-refractivity contribution in [2.24, 2.45) is 5.16 Å². The van der Waals surface area contributed by atoms with Gasteiger partial charge in [-0.2, -0.15) is 0 Å². The number of nitrogens with one attached hydrogen (secondary N) is 1. The van der Waals surface area contributed by atoms with Crippen molar-refractivity contribution in [1.29, 1.82) is 0 Å². The van der Waals surface area contributed by atoms with E-state index in [-0.39, 0.29) is 5.91 Å². The van der Waals surface area contributed by atoms with Gasteiger partial charge in [0, 0.05) is 6.21 Å². The molecule has 96 valence electrons. The highest BCUT2D eigenvalue weighted by atomic mass is 16.6. The Kier molecular flexibility index (Phi) is 3.82. The first kappa shape index (κ1) is 12.4. The Bertz CT molecular complexity index is 471. The van der Waals surface area contributed by atoms with E-state index in [1.807, 2.05) is 18.2 Å². The smallest absolute Gasteiger partial charge is 0.265 e. The molecule has 0 saturated carbocycles. The van der Waals surface area contributed by atoms with E-state index in [0.29, 0.717) is 0 Å². The third-order valence-corrected chi connectivity index (χ3v) is 2.72. The van der Waals surface area contributed by atoms with Crippen LogP contribution in [0.15, 0.2) is 23.4 Å². The van der Waals surface area contributed by atoms with Crippen molar-refractivity contribution in [3.8, 4) is 5.75 Å². The normalized spacial score (nSPS) is 18.1. The van der Waals surface area contributed by atoms with Crippen LogP contribution in [-0.4, -0.2) is 25.3 Å². The third-order valence-electron chi connectivity index (χ3n) is 2.72. The van der Waals surface area contributed by atoms with Crippen molar-refractivity contribution < 1.29 is 14.4 Å². The Morgan fingerprint density at radius 2 is 2.39 bits per heavy atom. The summed E-state index contributed by atoms with van der Waals surface area (Å²) in [6.07, 6.45) is 2.91. The number of nitrogens with zero attached hydrogens (tertiary/aromatic N) is 1. The van der Waals surface area contributed by atoms with Crippen LogP contribution in [0.3, 0.4) is 0 Å². The number of fused-ring (bicyclic) bond motifs is 1. The van der Waals surface area contributed by atoms with Gasteiger partial charge in [-0.3, -0.25) is 4.79 Å². The van der Waals surface area contributed by atoms with E-state index in [1.54, 1.807) is 13.1 Å². The number of hydrogen-bond donors (Lipinski definition) is 1. The summed E-state index contributed by atoms with van der Waals surface area (Å²) in [5, 5.41) is 6.51. The van der Waals surface area contributed by atoms with Crippen molar-refractivity contribution in [1.82, 2.24) is 0 Å². The summed E-state index contributed by atoms with van der Waals surface area (Å²) in [6, 6.07) is 5.80. The number of oxime groups is 1. The number of ether oxygens (including phenoxy) is 1. The lowest BCUT2D eigenvalue weighted by molar-refractivity contribution is -0.122. The standard InChI is InChI=1S/C13H16N2O3/c1-9-13(16)15-11-8-10(4-3-7-14-17-2)5-6-12(11)18-9/h5-9H,3-4H2,1-2H3,(H,15,16). The summed E-state index contributed by atoms with van der Waals surface area (Å²) < 4.78 is 5.48. The van der Waals surface area contributed by atoms with Gasteiger partial charge in [0.15, 0.2) is 6.10 Å². The zero-order valence-electron chi connectivity index (χ0n) is 10.5. The van der Waals surface area contributed by atoms with Gasteiger partial charge in [0.2, 0.25) is 0 Å². The molecule has 0 radical (unpaired) electrons. The quantitative estimate of drug-likeness (QED) is 0.654. The van der Waals surface area contributed by atoms with Crippen LogP contribution >= 0.6 is 0 Å². The molecule has 1 atom stereocenters. The number of aryl methyl sites for hydroxylation is 1. The van der Waals surface area contributed by atoms with Crippen LogP contribution in [0.4, 0.5) is 5.69 Å². The van der Waals surface area contributed by atoms with E-state index in [4.69, 9.17) is 4.74 Å². The first-order valence-corrected chi connectivity index (χ1v) is 5.86. The van der Waals surface area contributed by atoms with Crippen molar-refractivity contribution in [3.05, 3.63) is 23.8 Å². The Labute approximate surface area is 106 Å². The fourth-order valence-corrected chi connectivity index (χ4v) is 1.77. The van der Waals surface area contributed by atoms with Gasteiger partial charge in [0.1, 0.15) is 12.9 Å². The zero-order chi connectivity index (χ0) is 13.0. The predicted molar refractivity (Wildman–Crippen MR) is 69.0 cm³/mol. The molecule has 2 rings (SSSR count). The molecule has 1 amide bonds. The van der Waals surface area contributed by atoms with E-state index in [9.17, 15) is 4.79 Å². The average Bonchev–Trinajstić information content (AvgIpc) is 2.36. The molecule has 5 nitrogen and oxygen atoms in total. The summed E-state index contributed by atoms with van der Waals surface area (Å²) in [6.45, 7) is 1.73. The molecule has 1 aliphatic rings. The minimum absolute atomic E-state index is 0.111. The van der Waals surface area contributed by atoms with Crippen LogP contribution < -0.4 is 10.1 Å². The number of anilines is 1. The van der Waals surface area contributed by atoms with Crippen molar-refractivity contribution in [3.63, 3.8) is 0 Å². The summed E-state index contributed by atoms with van der Waals surface area (Å²) >= 11 is 0.